The van der Waals surface area contributed by atoms with E-state index >= 15 is 0 Å². The summed E-state index contributed by atoms with van der Waals surface area (Å²) in [5.41, 5.74) is 0.497. The summed E-state index contributed by atoms with van der Waals surface area (Å²) in [6, 6.07) is 4.97. The Morgan fingerprint density at radius 2 is 1.73 bits per heavy atom. The van der Waals surface area contributed by atoms with Gasteiger partial charge in [-0.3, -0.25) is 19.4 Å². The van der Waals surface area contributed by atoms with Crippen molar-refractivity contribution in [2.75, 3.05) is 25.0 Å². The molecule has 1 saturated carbocycles. The predicted octanol–water partition coefficient (Wildman–Crippen LogP) is 6.77. The van der Waals surface area contributed by atoms with Crippen LogP contribution in [0.2, 0.25) is 5.02 Å². The Balaban J connectivity index is 1.52. The lowest BCUT2D eigenvalue weighted by Crippen LogP contribution is -2.46. The van der Waals surface area contributed by atoms with E-state index in [9.17, 15) is 23.2 Å². The number of ether oxygens (including phenoxy) is 1. The minimum absolute atomic E-state index is 0.00698. The van der Waals surface area contributed by atoms with Crippen molar-refractivity contribution in [1.82, 2.24) is 9.80 Å². The number of carbonyl (C=O) groups excluding carboxylic acids is 3. The maximum Gasteiger partial charge on any atom is 0.410 e. The highest BCUT2D eigenvalue weighted by Crippen LogP contribution is 2.57. The van der Waals surface area contributed by atoms with Gasteiger partial charge in [0.1, 0.15) is 11.4 Å². The molecular weight excluding hydrogens is 540 g/mol. The van der Waals surface area contributed by atoms with Gasteiger partial charge in [0.15, 0.2) is 0 Å². The van der Waals surface area contributed by atoms with Gasteiger partial charge < -0.3 is 9.64 Å². The molecule has 0 radical (unpaired) electrons. The van der Waals surface area contributed by atoms with Crippen LogP contribution in [0.5, 0.6) is 0 Å². The molecule has 4 aliphatic rings. The predicted molar refractivity (Wildman–Crippen MR) is 148 cm³/mol. The molecule has 1 spiro atoms. The molecule has 0 atom stereocenters. The quantitative estimate of drug-likeness (QED) is 0.390. The minimum Gasteiger partial charge on any atom is -0.444 e. The van der Waals surface area contributed by atoms with Crippen LogP contribution in [0.25, 0.3) is 0 Å². The second kappa shape index (κ2) is 9.86. The van der Waals surface area contributed by atoms with E-state index in [2.05, 4.69) is 0 Å². The number of hydrogen-bond acceptors (Lipinski definition) is 4. The highest BCUT2D eigenvalue weighted by molar-refractivity contribution is 6.35. The maximum atomic E-state index is 14.4. The van der Waals surface area contributed by atoms with E-state index in [-0.39, 0.29) is 47.3 Å². The van der Waals surface area contributed by atoms with Gasteiger partial charge in [-0.15, -0.1) is 0 Å². The fourth-order valence-corrected chi connectivity index (χ4v) is 6.66. The summed E-state index contributed by atoms with van der Waals surface area (Å²) in [7, 11) is 1.60. The Kier molecular flexibility index (Phi) is 7.04. The summed E-state index contributed by atoms with van der Waals surface area (Å²) in [6.07, 6.45) is 2.22. The van der Waals surface area contributed by atoms with Crippen molar-refractivity contribution in [3.63, 3.8) is 0 Å². The number of piperidine rings is 1. The molecule has 2 fully saturated rings. The molecule has 1 aliphatic carbocycles. The highest BCUT2D eigenvalue weighted by Gasteiger charge is 2.59. The van der Waals surface area contributed by atoms with Crippen LogP contribution in [-0.4, -0.2) is 59.4 Å². The number of nitrogens with zero attached hydrogens (tertiary/aromatic N) is 3. The lowest BCUT2D eigenvalue weighted by atomic mass is 9.68. The molecule has 10 heteroatoms. The SMILES string of the molecule is C/C(=C\C1=C2N(C)C(=O)c3c(Cl)cccc3N2C(=O)C12CCC(F)(F)CC2)C1CCN(C(=O)OC(C)(C)C)CC1. The number of anilines is 1. The molecule has 7 nitrogen and oxygen atoms in total. The molecule has 40 heavy (non-hydrogen) atoms. The first-order chi connectivity index (χ1) is 18.7. The fourth-order valence-electron chi connectivity index (χ4n) is 6.41. The van der Waals surface area contributed by atoms with E-state index in [0.29, 0.717) is 43.0 Å². The van der Waals surface area contributed by atoms with Gasteiger partial charge >= 0.3 is 6.09 Å². The van der Waals surface area contributed by atoms with Crippen molar-refractivity contribution in [3.05, 3.63) is 51.8 Å². The number of likely N-dealkylation sites (tertiary alicyclic amines) is 1. The minimum atomic E-state index is -2.83. The van der Waals surface area contributed by atoms with E-state index in [1.807, 2.05) is 33.8 Å². The number of carbonyl (C=O) groups is 3. The van der Waals surface area contributed by atoms with Crippen LogP contribution in [0.1, 0.15) is 76.6 Å². The Morgan fingerprint density at radius 1 is 1.10 bits per heavy atom. The highest BCUT2D eigenvalue weighted by atomic mass is 35.5. The van der Waals surface area contributed by atoms with Crippen molar-refractivity contribution in [2.24, 2.45) is 11.3 Å². The normalized spacial score (nSPS) is 23.1. The number of halogens is 3. The van der Waals surface area contributed by atoms with Crippen molar-refractivity contribution in [2.45, 2.75) is 77.7 Å². The number of benzene rings is 1. The molecule has 3 heterocycles. The molecule has 5 rings (SSSR count). The first-order valence-electron chi connectivity index (χ1n) is 13.8. The average Bonchev–Trinajstić information content (AvgIpc) is 3.11. The number of fused-ring (bicyclic) bond motifs is 3. The molecule has 0 unspecified atom stereocenters. The van der Waals surface area contributed by atoms with E-state index < -0.39 is 29.8 Å². The number of rotatable bonds is 2. The summed E-state index contributed by atoms with van der Waals surface area (Å²) in [4.78, 5) is 44.9. The molecule has 0 bridgehead atoms. The lowest BCUT2D eigenvalue weighted by molar-refractivity contribution is -0.130. The van der Waals surface area contributed by atoms with Crippen LogP contribution in [0.3, 0.4) is 0 Å². The summed E-state index contributed by atoms with van der Waals surface area (Å²) < 4.78 is 34.3. The second-order valence-corrected chi connectivity index (χ2v) is 12.9. The monoisotopic (exact) mass is 575 g/mol. The zero-order valence-corrected chi connectivity index (χ0v) is 24.4. The maximum absolute atomic E-state index is 14.4. The van der Waals surface area contributed by atoms with Crippen LogP contribution in [0.4, 0.5) is 19.3 Å². The van der Waals surface area contributed by atoms with Crippen molar-refractivity contribution >= 4 is 35.2 Å². The third-order valence-electron chi connectivity index (χ3n) is 8.65. The third kappa shape index (κ3) is 4.80. The summed E-state index contributed by atoms with van der Waals surface area (Å²) >= 11 is 6.40. The van der Waals surface area contributed by atoms with Gasteiger partial charge in [-0.25, -0.2) is 13.6 Å². The first-order valence-corrected chi connectivity index (χ1v) is 14.2. The summed E-state index contributed by atoms with van der Waals surface area (Å²) in [5.74, 6) is -2.92. The molecule has 1 aromatic carbocycles. The number of allylic oxidation sites excluding steroid dienone is 2. The zero-order chi connectivity index (χ0) is 29.2. The third-order valence-corrected chi connectivity index (χ3v) is 8.96. The molecule has 3 amide bonds. The topological polar surface area (TPSA) is 70.2 Å². The number of hydrogen-bond donors (Lipinski definition) is 0. The first kappa shape index (κ1) is 28.6. The van der Waals surface area contributed by atoms with E-state index in [1.165, 1.54) is 9.80 Å². The van der Waals surface area contributed by atoms with Gasteiger partial charge in [-0.2, -0.15) is 0 Å². The lowest BCUT2D eigenvalue weighted by Gasteiger charge is -2.38. The van der Waals surface area contributed by atoms with Crippen molar-refractivity contribution < 1.29 is 27.9 Å². The molecule has 3 aliphatic heterocycles. The van der Waals surface area contributed by atoms with Crippen molar-refractivity contribution in [1.29, 1.82) is 0 Å². The van der Waals surface area contributed by atoms with Gasteiger partial charge in [0, 0.05) is 38.6 Å². The molecule has 216 valence electrons. The van der Waals surface area contributed by atoms with E-state index in [1.54, 1.807) is 30.1 Å². The second-order valence-electron chi connectivity index (χ2n) is 12.4. The van der Waals surface area contributed by atoms with Gasteiger partial charge in [0.2, 0.25) is 11.8 Å². The van der Waals surface area contributed by atoms with Crippen LogP contribution in [0, 0.1) is 11.3 Å². The molecule has 1 aromatic rings. The average molecular weight is 576 g/mol. The van der Waals surface area contributed by atoms with Gasteiger partial charge in [-0.1, -0.05) is 29.3 Å². The summed E-state index contributed by atoms with van der Waals surface area (Å²) in [6.45, 7) is 8.55. The van der Waals surface area contributed by atoms with Gasteiger partial charge in [0.05, 0.1) is 21.7 Å². The Morgan fingerprint density at radius 3 is 2.33 bits per heavy atom. The zero-order valence-electron chi connectivity index (χ0n) is 23.7. The Hall–Kier alpha value is -2.94. The van der Waals surface area contributed by atoms with Crippen LogP contribution in [0.15, 0.2) is 41.2 Å². The fraction of sp³-hybridized carbons (Fsp3) is 0.567. The largest absolute Gasteiger partial charge is 0.444 e. The molecule has 0 aromatic heterocycles. The standard InChI is InChI=1S/C30H36ClF2N3O4/c1-18(19-9-15-35(16-10-19)27(39)40-28(2,3)4)17-20-24-34(5)25(37)23-21(31)7-6-8-22(23)36(24)26(38)29(20)11-13-30(32,33)14-12-29/h6-8,17,19H,9-16H2,1-5H3/b18-17+. The molecule has 1 saturated heterocycles. The van der Waals surface area contributed by atoms with Gasteiger partial charge in [0.25, 0.3) is 5.91 Å². The molecule has 0 N–H and O–H groups in total. The Labute approximate surface area is 238 Å². The summed E-state index contributed by atoms with van der Waals surface area (Å²) in [5, 5.41) is 0.238. The van der Waals surface area contributed by atoms with E-state index in [4.69, 9.17) is 16.3 Å². The van der Waals surface area contributed by atoms with Gasteiger partial charge in [-0.05, 0) is 71.4 Å². The number of amides is 3. The van der Waals surface area contributed by atoms with Crippen LogP contribution in [-0.2, 0) is 9.53 Å². The van der Waals surface area contributed by atoms with Crippen molar-refractivity contribution in [3.8, 4) is 0 Å². The van der Waals surface area contributed by atoms with Crippen LogP contribution >= 0.6 is 11.6 Å². The molecular formula is C30H36ClF2N3O4. The smallest absolute Gasteiger partial charge is 0.410 e. The van der Waals surface area contributed by atoms with E-state index in [0.717, 1.165) is 5.57 Å². The number of alkyl halides is 2. The Bertz CT molecular complexity index is 1310. The van der Waals surface area contributed by atoms with Crippen LogP contribution < -0.4 is 4.90 Å².